The molecule has 2 nitrogen and oxygen atoms in total. The first-order valence-corrected chi connectivity index (χ1v) is 8.43. The minimum atomic E-state index is -0.0487. The van der Waals surface area contributed by atoms with Gasteiger partial charge in [-0.15, -0.1) is 0 Å². The van der Waals surface area contributed by atoms with E-state index in [1.165, 1.54) is 12.0 Å². The zero-order chi connectivity index (χ0) is 14.8. The lowest BCUT2D eigenvalue weighted by Gasteiger charge is -2.55. The summed E-state index contributed by atoms with van der Waals surface area (Å²) in [7, 11) is 0. The Morgan fingerprint density at radius 1 is 1.05 bits per heavy atom. The Hall–Kier alpha value is -1.18. The summed E-state index contributed by atoms with van der Waals surface area (Å²) in [5.41, 5.74) is 1.35. The smallest absolute Gasteiger partial charge is 0.178 e. The summed E-state index contributed by atoms with van der Waals surface area (Å²) in [6.07, 6.45) is 12.1. The van der Waals surface area contributed by atoms with Crippen LogP contribution in [0, 0.1) is 28.6 Å². The van der Waals surface area contributed by atoms with Gasteiger partial charge in [0.1, 0.15) is 5.78 Å². The predicted octanol–water partition coefficient (Wildman–Crippen LogP) is 3.86. The maximum atomic E-state index is 12.3. The first-order valence-electron chi connectivity index (χ1n) is 8.43. The summed E-state index contributed by atoms with van der Waals surface area (Å²) in [4.78, 5) is 24.0. The van der Waals surface area contributed by atoms with Gasteiger partial charge in [0.05, 0.1) is 0 Å². The molecular weight excluding hydrogens is 260 g/mol. The van der Waals surface area contributed by atoms with Crippen LogP contribution >= 0.6 is 0 Å². The number of fused-ring (bicyclic) bond motifs is 5. The molecule has 0 heterocycles. The summed E-state index contributed by atoms with van der Waals surface area (Å²) in [6.45, 7) is 4.54. The van der Waals surface area contributed by atoms with E-state index in [0.29, 0.717) is 23.5 Å². The van der Waals surface area contributed by atoms with E-state index >= 15 is 0 Å². The second kappa shape index (κ2) is 4.18. The van der Waals surface area contributed by atoms with Gasteiger partial charge in [0, 0.05) is 17.3 Å². The summed E-state index contributed by atoms with van der Waals surface area (Å²) < 4.78 is 0. The summed E-state index contributed by atoms with van der Waals surface area (Å²) >= 11 is 0. The lowest BCUT2D eigenvalue weighted by Crippen LogP contribution is -2.49. The molecule has 0 spiro atoms. The molecule has 4 rings (SSSR count). The molecule has 112 valence electrons. The minimum absolute atomic E-state index is 0.0487. The maximum absolute atomic E-state index is 12.3. The second-order valence-electron chi connectivity index (χ2n) is 8.02. The molecule has 2 heteroatoms. The fourth-order valence-corrected chi connectivity index (χ4v) is 5.97. The van der Waals surface area contributed by atoms with Crippen LogP contribution in [0.1, 0.15) is 52.4 Å². The Balaban J connectivity index is 1.72. The van der Waals surface area contributed by atoms with Crippen LogP contribution in [-0.4, -0.2) is 11.6 Å². The lowest BCUT2D eigenvalue weighted by molar-refractivity contribution is -0.131. The third-order valence-electron chi connectivity index (χ3n) is 7.27. The normalized spacial score (nSPS) is 48.5. The van der Waals surface area contributed by atoms with Crippen molar-refractivity contribution >= 4 is 11.6 Å². The quantitative estimate of drug-likeness (QED) is 0.677. The van der Waals surface area contributed by atoms with Crippen LogP contribution in [0.2, 0.25) is 0 Å². The number of carbonyl (C=O) groups excluding carboxylic acids is 2. The third kappa shape index (κ3) is 1.65. The highest BCUT2D eigenvalue weighted by Gasteiger charge is 2.58. The van der Waals surface area contributed by atoms with Gasteiger partial charge in [-0.05, 0) is 62.0 Å². The van der Waals surface area contributed by atoms with Crippen molar-refractivity contribution in [2.75, 3.05) is 0 Å². The Kier molecular flexibility index (Phi) is 2.68. The van der Waals surface area contributed by atoms with E-state index < -0.39 is 0 Å². The van der Waals surface area contributed by atoms with Crippen LogP contribution < -0.4 is 0 Å². The van der Waals surface area contributed by atoms with Gasteiger partial charge in [-0.3, -0.25) is 9.59 Å². The van der Waals surface area contributed by atoms with Crippen molar-refractivity contribution in [3.05, 3.63) is 23.8 Å². The molecule has 5 atom stereocenters. The highest BCUT2D eigenvalue weighted by atomic mass is 16.1. The van der Waals surface area contributed by atoms with Crippen LogP contribution in [0.3, 0.4) is 0 Å². The topological polar surface area (TPSA) is 34.1 Å². The molecule has 0 bridgehead atoms. The number of rotatable bonds is 0. The molecule has 4 aliphatic carbocycles. The van der Waals surface area contributed by atoms with E-state index in [9.17, 15) is 9.59 Å². The number of hydrogen-bond acceptors (Lipinski definition) is 2. The molecule has 0 aromatic carbocycles. The molecule has 0 aliphatic heterocycles. The van der Waals surface area contributed by atoms with Gasteiger partial charge in [0.15, 0.2) is 5.78 Å². The standard InChI is InChI=1S/C19H24O2/c1-18-9-7-13(20)11-12(18)3-4-14-15-5-6-17(21)19(15,2)10-8-16(14)18/h7,9,11,14-16H,3-6,8,10H2,1-2H3/t14?,15?,16?,18-,19-/m0/s1. The average Bonchev–Trinajstić information content (AvgIpc) is 2.76. The number of ketones is 2. The maximum Gasteiger partial charge on any atom is 0.178 e. The van der Waals surface area contributed by atoms with Gasteiger partial charge >= 0.3 is 0 Å². The number of hydrogen-bond donors (Lipinski definition) is 0. The molecule has 0 aromatic rings. The molecule has 0 radical (unpaired) electrons. The Morgan fingerprint density at radius 3 is 2.67 bits per heavy atom. The molecule has 4 aliphatic rings. The molecule has 0 amide bonds. The van der Waals surface area contributed by atoms with Crippen LogP contribution in [0.25, 0.3) is 0 Å². The SMILES string of the molecule is C[C@]12C=CC(=O)C=C1CCC1C2CC[C@]2(C)C(=O)CCC12. The highest BCUT2D eigenvalue weighted by Crippen LogP contribution is 2.63. The van der Waals surface area contributed by atoms with Gasteiger partial charge in [-0.2, -0.15) is 0 Å². The van der Waals surface area contributed by atoms with Crippen molar-refractivity contribution in [3.63, 3.8) is 0 Å². The van der Waals surface area contributed by atoms with Crippen LogP contribution in [0.4, 0.5) is 0 Å². The van der Waals surface area contributed by atoms with E-state index in [1.54, 1.807) is 6.08 Å². The van der Waals surface area contributed by atoms with Crippen molar-refractivity contribution in [1.29, 1.82) is 0 Å². The fraction of sp³-hybridized carbons (Fsp3) is 0.684. The third-order valence-corrected chi connectivity index (χ3v) is 7.27. The van der Waals surface area contributed by atoms with E-state index in [1.807, 2.05) is 6.08 Å². The average molecular weight is 284 g/mol. The number of allylic oxidation sites excluding steroid dienone is 4. The summed E-state index contributed by atoms with van der Waals surface area (Å²) in [6, 6.07) is 0. The lowest BCUT2D eigenvalue weighted by atomic mass is 9.48. The van der Waals surface area contributed by atoms with Gasteiger partial charge in [0.2, 0.25) is 0 Å². The largest absolute Gasteiger partial charge is 0.299 e. The molecule has 3 fully saturated rings. The molecule has 0 saturated heterocycles. The van der Waals surface area contributed by atoms with E-state index in [2.05, 4.69) is 19.9 Å². The van der Waals surface area contributed by atoms with Crippen molar-refractivity contribution in [2.24, 2.45) is 28.6 Å². The van der Waals surface area contributed by atoms with Crippen molar-refractivity contribution in [1.82, 2.24) is 0 Å². The molecule has 3 saturated carbocycles. The molecular formula is C19H24O2. The molecule has 0 aromatic heterocycles. The highest BCUT2D eigenvalue weighted by molar-refractivity contribution is 6.01. The Labute approximate surface area is 126 Å². The van der Waals surface area contributed by atoms with E-state index in [4.69, 9.17) is 0 Å². The summed E-state index contributed by atoms with van der Waals surface area (Å²) in [5, 5.41) is 0. The van der Waals surface area contributed by atoms with Crippen LogP contribution in [0.5, 0.6) is 0 Å². The summed E-state index contributed by atoms with van der Waals surface area (Å²) in [5.74, 6) is 2.51. The van der Waals surface area contributed by atoms with Gasteiger partial charge in [-0.25, -0.2) is 0 Å². The van der Waals surface area contributed by atoms with E-state index in [0.717, 1.165) is 32.1 Å². The molecule has 3 unspecified atom stereocenters. The van der Waals surface area contributed by atoms with Crippen LogP contribution in [0.15, 0.2) is 23.8 Å². The first-order chi connectivity index (χ1) is 9.95. The molecule has 21 heavy (non-hydrogen) atoms. The van der Waals surface area contributed by atoms with Crippen molar-refractivity contribution in [2.45, 2.75) is 52.4 Å². The zero-order valence-electron chi connectivity index (χ0n) is 13.0. The van der Waals surface area contributed by atoms with Gasteiger partial charge in [-0.1, -0.05) is 25.5 Å². The van der Waals surface area contributed by atoms with E-state index in [-0.39, 0.29) is 16.6 Å². The van der Waals surface area contributed by atoms with Gasteiger partial charge < -0.3 is 0 Å². The fourth-order valence-electron chi connectivity index (χ4n) is 5.97. The minimum Gasteiger partial charge on any atom is -0.299 e. The number of carbonyl (C=O) groups is 2. The molecule has 0 N–H and O–H groups in total. The Bertz CT molecular complexity index is 584. The zero-order valence-corrected chi connectivity index (χ0v) is 13.0. The van der Waals surface area contributed by atoms with Gasteiger partial charge in [0.25, 0.3) is 0 Å². The van der Waals surface area contributed by atoms with Crippen molar-refractivity contribution < 1.29 is 9.59 Å². The first kappa shape index (κ1) is 13.5. The van der Waals surface area contributed by atoms with Crippen molar-refractivity contribution in [3.8, 4) is 0 Å². The van der Waals surface area contributed by atoms with Crippen LogP contribution in [-0.2, 0) is 9.59 Å². The second-order valence-corrected chi connectivity index (χ2v) is 8.02. The monoisotopic (exact) mass is 284 g/mol. The Morgan fingerprint density at radius 2 is 1.86 bits per heavy atom. The number of Topliss-reactive ketones (excluding diaryl/α,β-unsaturated/α-hetero) is 1. The predicted molar refractivity (Wildman–Crippen MR) is 81.6 cm³/mol.